The van der Waals surface area contributed by atoms with Crippen LogP contribution in [0.4, 0.5) is 0 Å². The summed E-state index contributed by atoms with van der Waals surface area (Å²) in [5.41, 5.74) is 0.734. The maximum Gasteiger partial charge on any atom is 0.257 e. The lowest BCUT2D eigenvalue weighted by atomic mass is 10.1. The highest BCUT2D eigenvalue weighted by Gasteiger charge is 2.34. The molecular weight excluding hydrogens is 256 g/mol. The van der Waals surface area contributed by atoms with Crippen LogP contribution in [0, 0.1) is 6.92 Å². The van der Waals surface area contributed by atoms with Crippen LogP contribution in [0.2, 0.25) is 0 Å². The number of rotatable bonds is 2. The molecule has 104 valence electrons. The molecule has 1 fully saturated rings. The van der Waals surface area contributed by atoms with Crippen LogP contribution in [0.15, 0.2) is 16.8 Å². The van der Waals surface area contributed by atoms with E-state index < -0.39 is 0 Å². The van der Waals surface area contributed by atoms with Crippen LogP contribution < -0.4 is 0 Å². The molecule has 6 nitrogen and oxygen atoms in total. The Morgan fingerprint density at radius 3 is 3.05 bits per heavy atom. The van der Waals surface area contributed by atoms with Crippen LogP contribution in [-0.2, 0) is 13.1 Å². The largest absolute Gasteiger partial charge is 0.465 e. The average Bonchev–Trinajstić information content (AvgIpc) is 3.06. The minimum atomic E-state index is 0.0537. The van der Waals surface area contributed by atoms with E-state index in [0.29, 0.717) is 19.0 Å². The molecule has 2 aromatic rings. The molecule has 20 heavy (non-hydrogen) atoms. The number of hydrogen-bond donors (Lipinski definition) is 0. The monoisotopic (exact) mass is 272 g/mol. The molecule has 0 unspecified atom stereocenters. The van der Waals surface area contributed by atoms with Crippen molar-refractivity contribution in [2.24, 2.45) is 0 Å². The van der Waals surface area contributed by atoms with Gasteiger partial charge in [-0.2, -0.15) is 0 Å². The standard InChI is InChI=1S/C14H16N4O2/c1-9-6-11(13(20-9)10-2-3-10)14(19)17-4-5-18-8-15-16-12(18)7-17/h6,8,10H,2-5,7H2,1H3. The fourth-order valence-corrected chi connectivity index (χ4v) is 2.76. The average molecular weight is 272 g/mol. The van der Waals surface area contributed by atoms with E-state index in [1.165, 1.54) is 0 Å². The fourth-order valence-electron chi connectivity index (χ4n) is 2.76. The lowest BCUT2D eigenvalue weighted by Gasteiger charge is -2.26. The number of hydrogen-bond acceptors (Lipinski definition) is 4. The van der Waals surface area contributed by atoms with Crippen molar-refractivity contribution in [1.29, 1.82) is 0 Å². The first-order valence-corrected chi connectivity index (χ1v) is 6.98. The summed E-state index contributed by atoms with van der Waals surface area (Å²) >= 11 is 0. The molecule has 4 rings (SSSR count). The Labute approximate surface area is 116 Å². The Morgan fingerprint density at radius 1 is 1.40 bits per heavy atom. The van der Waals surface area contributed by atoms with Gasteiger partial charge in [0.2, 0.25) is 0 Å². The second kappa shape index (κ2) is 4.19. The summed E-state index contributed by atoms with van der Waals surface area (Å²) in [5, 5.41) is 7.94. The smallest absolute Gasteiger partial charge is 0.257 e. The summed E-state index contributed by atoms with van der Waals surface area (Å²) in [6.07, 6.45) is 3.97. The van der Waals surface area contributed by atoms with E-state index in [2.05, 4.69) is 10.2 Å². The van der Waals surface area contributed by atoms with Gasteiger partial charge >= 0.3 is 0 Å². The summed E-state index contributed by atoms with van der Waals surface area (Å²) in [4.78, 5) is 14.5. The Bertz CT molecular complexity index is 669. The molecule has 0 atom stereocenters. The van der Waals surface area contributed by atoms with Crippen LogP contribution in [-0.4, -0.2) is 32.1 Å². The third-order valence-corrected chi connectivity index (χ3v) is 3.99. The molecule has 0 N–H and O–H groups in total. The van der Waals surface area contributed by atoms with Gasteiger partial charge in [0, 0.05) is 19.0 Å². The lowest BCUT2D eigenvalue weighted by molar-refractivity contribution is 0.0705. The normalized spacial score (nSPS) is 18.1. The fraction of sp³-hybridized carbons (Fsp3) is 0.500. The molecule has 0 aromatic carbocycles. The van der Waals surface area contributed by atoms with E-state index in [1.54, 1.807) is 6.33 Å². The molecular formula is C14H16N4O2. The highest BCUT2D eigenvalue weighted by Crippen LogP contribution is 2.43. The van der Waals surface area contributed by atoms with Gasteiger partial charge in [0.25, 0.3) is 5.91 Å². The Hall–Kier alpha value is -2.11. The van der Waals surface area contributed by atoms with Crippen LogP contribution in [0.1, 0.15) is 46.5 Å². The first-order chi connectivity index (χ1) is 9.72. The third-order valence-electron chi connectivity index (χ3n) is 3.99. The molecule has 0 bridgehead atoms. The quantitative estimate of drug-likeness (QED) is 0.835. The number of aryl methyl sites for hydroxylation is 1. The van der Waals surface area contributed by atoms with Crippen LogP contribution >= 0.6 is 0 Å². The number of nitrogens with zero attached hydrogens (tertiary/aromatic N) is 4. The van der Waals surface area contributed by atoms with Gasteiger partial charge in [-0.25, -0.2) is 0 Å². The lowest BCUT2D eigenvalue weighted by Crippen LogP contribution is -2.38. The number of carbonyl (C=O) groups is 1. The minimum Gasteiger partial charge on any atom is -0.465 e. The van der Waals surface area contributed by atoms with E-state index in [4.69, 9.17) is 4.42 Å². The van der Waals surface area contributed by atoms with E-state index >= 15 is 0 Å². The Kier molecular flexibility index (Phi) is 2.45. The van der Waals surface area contributed by atoms with Gasteiger partial charge in [-0.3, -0.25) is 4.79 Å². The molecule has 0 radical (unpaired) electrons. The van der Waals surface area contributed by atoms with E-state index in [9.17, 15) is 4.79 Å². The molecule has 1 aliphatic heterocycles. The summed E-state index contributed by atoms with van der Waals surface area (Å²) in [5.74, 6) is 3.03. The molecule has 2 aromatic heterocycles. The Morgan fingerprint density at radius 2 is 2.25 bits per heavy atom. The number of furan rings is 1. The Balaban J connectivity index is 1.62. The summed E-state index contributed by atoms with van der Waals surface area (Å²) in [7, 11) is 0. The highest BCUT2D eigenvalue weighted by atomic mass is 16.3. The molecule has 2 aliphatic rings. The van der Waals surface area contributed by atoms with Crippen molar-refractivity contribution in [3.05, 3.63) is 35.3 Å². The van der Waals surface area contributed by atoms with Gasteiger partial charge in [-0.15, -0.1) is 10.2 Å². The summed E-state index contributed by atoms with van der Waals surface area (Å²) < 4.78 is 7.72. The summed E-state index contributed by atoms with van der Waals surface area (Å²) in [6, 6.07) is 1.87. The number of fused-ring (bicyclic) bond motifs is 1. The number of carbonyl (C=O) groups excluding carboxylic acids is 1. The van der Waals surface area contributed by atoms with E-state index in [-0.39, 0.29) is 5.91 Å². The van der Waals surface area contributed by atoms with Crippen LogP contribution in [0.3, 0.4) is 0 Å². The predicted molar refractivity (Wildman–Crippen MR) is 70.2 cm³/mol. The van der Waals surface area contributed by atoms with Crippen molar-refractivity contribution in [3.8, 4) is 0 Å². The van der Waals surface area contributed by atoms with Crippen molar-refractivity contribution in [2.75, 3.05) is 6.54 Å². The SMILES string of the molecule is Cc1cc(C(=O)N2CCn3cnnc3C2)c(C2CC2)o1. The molecule has 1 amide bonds. The van der Waals surface area contributed by atoms with Gasteiger partial charge in [-0.1, -0.05) is 0 Å². The second-order valence-electron chi connectivity index (χ2n) is 5.58. The predicted octanol–water partition coefficient (Wildman–Crippen LogP) is 1.71. The van der Waals surface area contributed by atoms with Crippen molar-refractivity contribution < 1.29 is 9.21 Å². The maximum absolute atomic E-state index is 12.7. The highest BCUT2D eigenvalue weighted by molar-refractivity contribution is 5.95. The van der Waals surface area contributed by atoms with Gasteiger partial charge in [-0.05, 0) is 25.8 Å². The number of amides is 1. The second-order valence-corrected chi connectivity index (χ2v) is 5.58. The molecule has 1 saturated carbocycles. The van der Waals surface area contributed by atoms with Gasteiger partial charge in [0.05, 0.1) is 12.1 Å². The van der Waals surface area contributed by atoms with Gasteiger partial charge in [0.15, 0.2) is 5.82 Å². The molecule has 3 heterocycles. The van der Waals surface area contributed by atoms with E-state index in [1.807, 2.05) is 22.5 Å². The van der Waals surface area contributed by atoms with Crippen molar-refractivity contribution in [2.45, 2.75) is 38.8 Å². The maximum atomic E-state index is 12.7. The van der Waals surface area contributed by atoms with Gasteiger partial charge in [0.1, 0.15) is 17.8 Å². The van der Waals surface area contributed by atoms with Crippen molar-refractivity contribution in [1.82, 2.24) is 19.7 Å². The first-order valence-electron chi connectivity index (χ1n) is 6.98. The zero-order chi connectivity index (χ0) is 13.7. The molecule has 0 spiro atoms. The van der Waals surface area contributed by atoms with Crippen molar-refractivity contribution >= 4 is 5.91 Å². The van der Waals surface area contributed by atoms with Crippen LogP contribution in [0.25, 0.3) is 0 Å². The first kappa shape index (κ1) is 11.7. The van der Waals surface area contributed by atoms with Crippen LogP contribution in [0.5, 0.6) is 0 Å². The zero-order valence-electron chi connectivity index (χ0n) is 11.4. The molecule has 0 saturated heterocycles. The third kappa shape index (κ3) is 1.83. The molecule has 1 aliphatic carbocycles. The minimum absolute atomic E-state index is 0.0537. The van der Waals surface area contributed by atoms with E-state index in [0.717, 1.165) is 42.3 Å². The van der Waals surface area contributed by atoms with Gasteiger partial charge < -0.3 is 13.9 Å². The molecule has 6 heteroatoms. The zero-order valence-corrected chi connectivity index (χ0v) is 11.4. The number of aromatic nitrogens is 3. The summed E-state index contributed by atoms with van der Waals surface area (Å²) in [6.45, 7) is 3.87. The van der Waals surface area contributed by atoms with Crippen molar-refractivity contribution in [3.63, 3.8) is 0 Å². The topological polar surface area (TPSA) is 64.2 Å².